The maximum atomic E-state index is 13.4. The maximum absolute atomic E-state index is 13.4. The summed E-state index contributed by atoms with van der Waals surface area (Å²) in [6.45, 7) is 6.94. The van der Waals surface area contributed by atoms with Crippen molar-refractivity contribution in [3.63, 3.8) is 0 Å². The number of hydrogen-bond donors (Lipinski definition) is 5. The van der Waals surface area contributed by atoms with Crippen LogP contribution < -0.4 is 27.0 Å². The number of carbonyl (C=O) groups is 5. The largest absolute Gasteiger partial charge is 0.508 e. The van der Waals surface area contributed by atoms with Gasteiger partial charge in [-0.2, -0.15) is 0 Å². The maximum Gasteiger partial charge on any atom is 0.319 e. The zero-order chi connectivity index (χ0) is 32.7. The van der Waals surface area contributed by atoms with E-state index >= 15 is 0 Å². The zero-order valence-electron chi connectivity index (χ0n) is 25.7. The highest BCUT2D eigenvalue weighted by Gasteiger charge is 2.50. The number of anilines is 2. The molecule has 0 radical (unpaired) electrons. The van der Waals surface area contributed by atoms with E-state index in [1.165, 1.54) is 17.0 Å². The van der Waals surface area contributed by atoms with Gasteiger partial charge >= 0.3 is 12.0 Å². The lowest BCUT2D eigenvalue weighted by Gasteiger charge is -2.35. The topological polar surface area (TPSA) is 194 Å². The van der Waals surface area contributed by atoms with Gasteiger partial charge in [-0.1, -0.05) is 32.0 Å². The minimum absolute atomic E-state index is 0.0643. The van der Waals surface area contributed by atoms with E-state index in [4.69, 9.17) is 16.2 Å². The highest BCUT2D eigenvalue weighted by atomic mass is 16.5. The number of amides is 5. The number of rotatable bonds is 14. The Balaban J connectivity index is 1.57. The van der Waals surface area contributed by atoms with E-state index in [0.29, 0.717) is 11.4 Å². The van der Waals surface area contributed by atoms with E-state index in [0.717, 1.165) is 0 Å². The number of nitrogens with one attached hydrogen (secondary N) is 2. The highest BCUT2D eigenvalue weighted by Crippen LogP contribution is 2.42. The first kappa shape index (κ1) is 34.0. The van der Waals surface area contributed by atoms with Gasteiger partial charge in [0.25, 0.3) is 0 Å². The summed E-state index contributed by atoms with van der Waals surface area (Å²) in [4.78, 5) is 65.4. The van der Waals surface area contributed by atoms with Crippen LogP contribution in [-0.2, 0) is 23.9 Å². The molecular formula is C32H43N5O7. The molecule has 4 unspecified atom stereocenters. The fourth-order valence-corrected chi connectivity index (χ4v) is 5.63. The molecule has 2 aromatic rings. The van der Waals surface area contributed by atoms with Gasteiger partial charge in [0.2, 0.25) is 17.7 Å². The second kappa shape index (κ2) is 14.3. The predicted molar refractivity (Wildman–Crippen MR) is 165 cm³/mol. The second-order valence-electron chi connectivity index (χ2n) is 12.3. The summed E-state index contributed by atoms with van der Waals surface area (Å²) in [5, 5.41) is 14.5. The van der Waals surface area contributed by atoms with E-state index in [1.807, 2.05) is 0 Å². The van der Waals surface area contributed by atoms with Crippen LogP contribution in [0.5, 0.6) is 5.75 Å². The summed E-state index contributed by atoms with van der Waals surface area (Å²) in [6.07, 6.45) is 0.560. The molecule has 2 aromatic carbocycles. The Morgan fingerprint density at radius 1 is 1.00 bits per heavy atom. The van der Waals surface area contributed by atoms with Crippen molar-refractivity contribution in [2.45, 2.75) is 47.0 Å². The number of ether oxygens (including phenoxy) is 1. The van der Waals surface area contributed by atoms with Gasteiger partial charge in [0.1, 0.15) is 12.4 Å². The Morgan fingerprint density at radius 2 is 1.64 bits per heavy atom. The van der Waals surface area contributed by atoms with Crippen LogP contribution in [0.25, 0.3) is 0 Å². The SMILES string of the molecule is CC1C(=O)N(c2ccccc2)C(=O)C1CC(C)(CC(CN)CC(C)(C)C(=O)OCCNC(=O)Nc1ccc(O)cc1)C(N)=O. The normalized spacial score (nSPS) is 18.8. The van der Waals surface area contributed by atoms with Crippen LogP contribution in [0.3, 0.4) is 0 Å². The molecule has 1 aliphatic rings. The zero-order valence-corrected chi connectivity index (χ0v) is 25.7. The molecule has 0 aliphatic carbocycles. The number of aromatic hydroxyl groups is 1. The fourth-order valence-electron chi connectivity index (χ4n) is 5.63. The number of hydrogen-bond acceptors (Lipinski definition) is 8. The predicted octanol–water partition coefficient (Wildman–Crippen LogP) is 3.15. The molecule has 0 saturated carbocycles. The van der Waals surface area contributed by atoms with Crippen molar-refractivity contribution in [2.24, 2.45) is 40.1 Å². The third-order valence-corrected chi connectivity index (χ3v) is 8.20. The molecule has 0 bridgehead atoms. The van der Waals surface area contributed by atoms with Crippen molar-refractivity contribution in [2.75, 3.05) is 29.9 Å². The van der Waals surface area contributed by atoms with E-state index in [9.17, 15) is 29.1 Å². The lowest BCUT2D eigenvalue weighted by Crippen LogP contribution is -2.42. The summed E-state index contributed by atoms with van der Waals surface area (Å²) in [5.74, 6) is -3.44. The van der Waals surface area contributed by atoms with E-state index in [-0.39, 0.29) is 62.4 Å². The number of para-hydroxylation sites is 1. The van der Waals surface area contributed by atoms with Crippen LogP contribution in [0.15, 0.2) is 54.6 Å². The van der Waals surface area contributed by atoms with Crippen molar-refractivity contribution in [1.29, 1.82) is 0 Å². The monoisotopic (exact) mass is 609 g/mol. The number of primary amides is 1. The van der Waals surface area contributed by atoms with Crippen molar-refractivity contribution >= 4 is 41.1 Å². The first-order chi connectivity index (χ1) is 20.7. The fraction of sp³-hybridized carbons (Fsp3) is 0.469. The summed E-state index contributed by atoms with van der Waals surface area (Å²) in [5.41, 5.74) is 10.8. The lowest BCUT2D eigenvalue weighted by molar-refractivity contribution is -0.155. The summed E-state index contributed by atoms with van der Waals surface area (Å²) in [7, 11) is 0. The van der Waals surface area contributed by atoms with E-state index in [1.54, 1.807) is 70.2 Å². The van der Waals surface area contributed by atoms with Crippen LogP contribution in [0.1, 0.15) is 47.0 Å². The average Bonchev–Trinajstić information content (AvgIpc) is 3.18. The standard InChI is InChI=1S/C32H43N5O7/c1-20-25(27(40)37(26(20)39)23-8-6-5-7-9-23)18-32(4,28(34)41)17-21(19-33)16-31(2,3)29(42)44-15-14-35-30(43)36-22-10-12-24(38)13-11-22/h5-13,20-21,25,38H,14-19,33H2,1-4H3,(H2,34,41)(H2,35,36,43). The number of phenols is 1. The number of nitrogens with zero attached hydrogens (tertiary/aromatic N) is 1. The Bertz CT molecular complexity index is 1350. The molecule has 238 valence electrons. The quantitative estimate of drug-likeness (QED) is 0.0932. The molecule has 3 rings (SSSR count). The summed E-state index contributed by atoms with van der Waals surface area (Å²) < 4.78 is 5.41. The van der Waals surface area contributed by atoms with Crippen LogP contribution in [0, 0.1) is 28.6 Å². The molecule has 12 heteroatoms. The number of urea groups is 1. The number of benzene rings is 2. The lowest BCUT2D eigenvalue weighted by atomic mass is 9.69. The first-order valence-electron chi connectivity index (χ1n) is 14.6. The van der Waals surface area contributed by atoms with Gasteiger partial charge in [0.05, 0.1) is 23.6 Å². The van der Waals surface area contributed by atoms with Crippen LogP contribution in [0.4, 0.5) is 16.2 Å². The van der Waals surface area contributed by atoms with Gasteiger partial charge < -0.3 is 31.9 Å². The van der Waals surface area contributed by atoms with Gasteiger partial charge in [-0.05, 0) is 82.0 Å². The molecule has 1 heterocycles. The molecule has 7 N–H and O–H groups in total. The number of carbonyl (C=O) groups excluding carboxylic acids is 5. The number of phenolic OH excluding ortho intramolecular Hbond substituents is 1. The molecule has 5 amide bonds. The van der Waals surface area contributed by atoms with Gasteiger partial charge in [-0.3, -0.25) is 24.1 Å². The number of nitrogens with two attached hydrogens (primary N) is 2. The van der Waals surface area contributed by atoms with Gasteiger partial charge in [-0.25, -0.2) is 4.79 Å². The Morgan fingerprint density at radius 3 is 2.23 bits per heavy atom. The minimum atomic E-state index is -1.17. The van der Waals surface area contributed by atoms with Crippen LogP contribution >= 0.6 is 0 Å². The third kappa shape index (κ3) is 8.34. The molecule has 1 aliphatic heterocycles. The molecule has 0 aromatic heterocycles. The number of imide groups is 1. The molecule has 0 spiro atoms. The smallest absolute Gasteiger partial charge is 0.319 e. The van der Waals surface area contributed by atoms with Crippen molar-refractivity contribution in [3.8, 4) is 5.75 Å². The minimum Gasteiger partial charge on any atom is -0.508 e. The van der Waals surface area contributed by atoms with Crippen molar-refractivity contribution in [3.05, 3.63) is 54.6 Å². The van der Waals surface area contributed by atoms with E-state index in [2.05, 4.69) is 10.6 Å². The average molecular weight is 610 g/mol. The van der Waals surface area contributed by atoms with Crippen LogP contribution in [-0.4, -0.2) is 54.5 Å². The second-order valence-corrected chi connectivity index (χ2v) is 12.3. The summed E-state index contributed by atoms with van der Waals surface area (Å²) >= 11 is 0. The highest BCUT2D eigenvalue weighted by molar-refractivity contribution is 6.22. The van der Waals surface area contributed by atoms with Crippen LogP contribution in [0.2, 0.25) is 0 Å². The molecule has 12 nitrogen and oxygen atoms in total. The van der Waals surface area contributed by atoms with E-state index < -0.39 is 40.6 Å². The molecule has 1 fully saturated rings. The first-order valence-corrected chi connectivity index (χ1v) is 14.6. The van der Waals surface area contributed by atoms with Gasteiger partial charge in [0, 0.05) is 17.0 Å². The summed E-state index contributed by atoms with van der Waals surface area (Å²) in [6, 6.07) is 14.1. The van der Waals surface area contributed by atoms with Gasteiger partial charge in [0.15, 0.2) is 0 Å². The number of esters is 1. The Hall–Kier alpha value is -4.45. The Kier molecular flexibility index (Phi) is 11.1. The molecular weight excluding hydrogens is 566 g/mol. The van der Waals surface area contributed by atoms with Gasteiger partial charge in [-0.15, -0.1) is 0 Å². The Labute approximate surface area is 257 Å². The molecule has 44 heavy (non-hydrogen) atoms. The third-order valence-electron chi connectivity index (χ3n) is 8.20. The molecule has 4 atom stereocenters. The van der Waals surface area contributed by atoms with Crippen molar-refractivity contribution < 1.29 is 33.8 Å². The molecule has 1 saturated heterocycles. The van der Waals surface area contributed by atoms with Crippen molar-refractivity contribution in [1.82, 2.24) is 5.32 Å².